The number of nitrogens with zero attached hydrogens (tertiary/aromatic N) is 3. The number of piperazine rings is 1. The summed E-state index contributed by atoms with van der Waals surface area (Å²) >= 11 is 0. The van der Waals surface area contributed by atoms with E-state index < -0.39 is 9.84 Å². The molecule has 152 valence electrons. The van der Waals surface area contributed by atoms with Crippen molar-refractivity contribution in [3.63, 3.8) is 0 Å². The number of hydrogen-bond donors (Lipinski definition) is 2. The minimum atomic E-state index is -3.13. The summed E-state index contributed by atoms with van der Waals surface area (Å²) in [6, 6.07) is 7.06. The van der Waals surface area contributed by atoms with Crippen LogP contribution in [-0.2, 0) is 16.3 Å². The molecule has 0 unspecified atom stereocenters. The van der Waals surface area contributed by atoms with E-state index in [0.717, 1.165) is 70.3 Å². The third-order valence-electron chi connectivity index (χ3n) is 4.91. The van der Waals surface area contributed by atoms with Crippen molar-refractivity contribution in [2.75, 3.05) is 65.7 Å². The molecule has 0 aliphatic carbocycles. The molecular weight excluding hydrogens is 362 g/mol. The van der Waals surface area contributed by atoms with Crippen molar-refractivity contribution in [3.8, 4) is 0 Å². The first-order valence-electron chi connectivity index (χ1n) is 9.60. The van der Waals surface area contributed by atoms with Crippen LogP contribution in [0.4, 0.5) is 0 Å². The van der Waals surface area contributed by atoms with Gasteiger partial charge in [0.1, 0.15) is 0 Å². The average molecular weight is 396 g/mol. The Labute approximate surface area is 163 Å². The lowest BCUT2D eigenvalue weighted by molar-refractivity contribution is 0.139. The SMILES string of the molecule is CCN1CCN(CCNC(=NC)NCCc2ccc(S(C)(=O)=O)cc2)CC1. The Balaban J connectivity index is 1.65. The lowest BCUT2D eigenvalue weighted by Crippen LogP contribution is -2.49. The molecule has 1 heterocycles. The first kappa shape index (κ1) is 21.7. The highest BCUT2D eigenvalue weighted by molar-refractivity contribution is 7.90. The standard InChI is InChI=1S/C19H33N5O2S/c1-4-23-13-15-24(16-14-23)12-11-22-19(20-2)21-10-9-17-5-7-18(8-6-17)27(3,25)26/h5-8H,4,9-16H2,1-3H3,(H2,20,21,22). The maximum Gasteiger partial charge on any atom is 0.191 e. The Bertz CT molecular complexity index is 695. The number of benzene rings is 1. The topological polar surface area (TPSA) is 77.0 Å². The maximum absolute atomic E-state index is 11.5. The molecule has 2 rings (SSSR count). The number of guanidine groups is 1. The fraction of sp³-hybridized carbons (Fsp3) is 0.632. The first-order chi connectivity index (χ1) is 12.9. The van der Waals surface area contributed by atoms with Crippen LogP contribution in [0.1, 0.15) is 12.5 Å². The largest absolute Gasteiger partial charge is 0.356 e. The molecular formula is C19H33N5O2S. The summed E-state index contributed by atoms with van der Waals surface area (Å²) in [4.78, 5) is 9.58. The molecule has 0 aromatic heterocycles. The molecule has 0 saturated carbocycles. The van der Waals surface area contributed by atoms with Crippen LogP contribution in [-0.4, -0.2) is 89.8 Å². The van der Waals surface area contributed by atoms with Crippen LogP contribution in [0, 0.1) is 0 Å². The third-order valence-corrected chi connectivity index (χ3v) is 6.04. The monoisotopic (exact) mass is 395 g/mol. The summed E-state index contributed by atoms with van der Waals surface area (Å²) in [6.07, 6.45) is 2.03. The zero-order chi connectivity index (χ0) is 19.7. The summed E-state index contributed by atoms with van der Waals surface area (Å²) < 4.78 is 23.0. The molecule has 2 N–H and O–H groups in total. The van der Waals surface area contributed by atoms with Gasteiger partial charge in [-0.1, -0.05) is 19.1 Å². The van der Waals surface area contributed by atoms with Crippen molar-refractivity contribution in [2.24, 2.45) is 4.99 Å². The van der Waals surface area contributed by atoms with Gasteiger partial charge in [0.25, 0.3) is 0 Å². The van der Waals surface area contributed by atoms with Gasteiger partial charge in [-0.2, -0.15) is 0 Å². The van der Waals surface area contributed by atoms with Gasteiger partial charge in [-0.15, -0.1) is 0 Å². The van der Waals surface area contributed by atoms with Crippen LogP contribution < -0.4 is 10.6 Å². The smallest absolute Gasteiger partial charge is 0.191 e. The van der Waals surface area contributed by atoms with E-state index in [9.17, 15) is 8.42 Å². The van der Waals surface area contributed by atoms with Crippen molar-refractivity contribution in [2.45, 2.75) is 18.2 Å². The van der Waals surface area contributed by atoms with Gasteiger partial charge >= 0.3 is 0 Å². The van der Waals surface area contributed by atoms with Gasteiger partial charge in [0, 0.05) is 59.1 Å². The summed E-state index contributed by atoms with van der Waals surface area (Å²) in [5, 5.41) is 6.67. The minimum Gasteiger partial charge on any atom is -0.356 e. The first-order valence-corrected chi connectivity index (χ1v) is 11.5. The van der Waals surface area contributed by atoms with Gasteiger partial charge in [-0.05, 0) is 30.7 Å². The molecule has 0 bridgehead atoms. The Kier molecular flexibility index (Phi) is 8.53. The van der Waals surface area contributed by atoms with E-state index in [0.29, 0.717) is 4.90 Å². The quantitative estimate of drug-likeness (QED) is 0.491. The van der Waals surface area contributed by atoms with Crippen molar-refractivity contribution >= 4 is 15.8 Å². The predicted molar refractivity (Wildman–Crippen MR) is 111 cm³/mol. The summed E-state index contributed by atoms with van der Waals surface area (Å²) in [6.45, 7) is 10.6. The van der Waals surface area contributed by atoms with Crippen molar-refractivity contribution in [1.82, 2.24) is 20.4 Å². The fourth-order valence-corrected chi connectivity index (χ4v) is 3.74. The van der Waals surface area contributed by atoms with Crippen LogP contribution in [0.2, 0.25) is 0 Å². The minimum absolute atomic E-state index is 0.358. The van der Waals surface area contributed by atoms with E-state index >= 15 is 0 Å². The van der Waals surface area contributed by atoms with Crippen molar-refractivity contribution in [1.29, 1.82) is 0 Å². The molecule has 1 aliphatic rings. The van der Waals surface area contributed by atoms with Crippen LogP contribution in [0.15, 0.2) is 34.2 Å². The van der Waals surface area contributed by atoms with Crippen molar-refractivity contribution in [3.05, 3.63) is 29.8 Å². The van der Waals surface area contributed by atoms with E-state index in [-0.39, 0.29) is 0 Å². The molecule has 1 saturated heterocycles. The Hall–Kier alpha value is -1.64. The lowest BCUT2D eigenvalue weighted by Gasteiger charge is -2.34. The van der Waals surface area contributed by atoms with Gasteiger partial charge in [0.15, 0.2) is 15.8 Å². The van der Waals surface area contributed by atoms with Crippen LogP contribution in [0.5, 0.6) is 0 Å². The highest BCUT2D eigenvalue weighted by Crippen LogP contribution is 2.10. The van der Waals surface area contributed by atoms with Gasteiger partial charge in [0.05, 0.1) is 4.90 Å². The van der Waals surface area contributed by atoms with Crippen LogP contribution in [0.3, 0.4) is 0 Å². The maximum atomic E-state index is 11.5. The summed E-state index contributed by atoms with van der Waals surface area (Å²) in [5.74, 6) is 0.801. The normalized spacial score (nSPS) is 17.1. The van der Waals surface area contributed by atoms with E-state index in [2.05, 4.69) is 32.3 Å². The molecule has 7 nitrogen and oxygen atoms in total. The Morgan fingerprint density at radius 3 is 2.19 bits per heavy atom. The highest BCUT2D eigenvalue weighted by Gasteiger charge is 2.14. The molecule has 0 radical (unpaired) electrons. The highest BCUT2D eigenvalue weighted by atomic mass is 32.2. The molecule has 0 amide bonds. The molecule has 1 aromatic rings. The van der Waals surface area contributed by atoms with Gasteiger partial charge in [-0.25, -0.2) is 8.42 Å². The molecule has 0 atom stereocenters. The average Bonchev–Trinajstić information content (AvgIpc) is 2.67. The van der Waals surface area contributed by atoms with Gasteiger partial charge in [0.2, 0.25) is 0 Å². The van der Waals surface area contributed by atoms with E-state index in [1.54, 1.807) is 19.2 Å². The number of rotatable bonds is 8. The lowest BCUT2D eigenvalue weighted by atomic mass is 10.1. The van der Waals surface area contributed by atoms with Crippen LogP contribution in [0.25, 0.3) is 0 Å². The van der Waals surface area contributed by atoms with Gasteiger partial charge < -0.3 is 15.5 Å². The number of likely N-dealkylation sites (N-methyl/N-ethyl adjacent to an activating group) is 1. The molecule has 1 aliphatic heterocycles. The summed E-state index contributed by atoms with van der Waals surface area (Å²) in [5.41, 5.74) is 1.10. The molecule has 27 heavy (non-hydrogen) atoms. The second-order valence-electron chi connectivity index (χ2n) is 6.87. The molecule has 0 spiro atoms. The molecule has 8 heteroatoms. The summed E-state index contributed by atoms with van der Waals surface area (Å²) in [7, 11) is -1.36. The van der Waals surface area contributed by atoms with Gasteiger partial charge in [-0.3, -0.25) is 9.89 Å². The number of aliphatic imine (C=N–C) groups is 1. The predicted octanol–water partition coefficient (Wildman–Crippen LogP) is 0.435. The Morgan fingerprint density at radius 1 is 1.04 bits per heavy atom. The number of hydrogen-bond acceptors (Lipinski definition) is 5. The number of nitrogens with one attached hydrogen (secondary N) is 2. The van der Waals surface area contributed by atoms with Crippen LogP contribution >= 0.6 is 0 Å². The van der Waals surface area contributed by atoms with E-state index in [1.807, 2.05) is 12.1 Å². The molecule has 1 aromatic carbocycles. The van der Waals surface area contributed by atoms with E-state index in [1.165, 1.54) is 6.26 Å². The third kappa shape index (κ3) is 7.48. The second kappa shape index (κ2) is 10.6. The molecule has 1 fully saturated rings. The number of sulfone groups is 1. The fourth-order valence-electron chi connectivity index (χ4n) is 3.11. The zero-order valence-electron chi connectivity index (χ0n) is 16.7. The van der Waals surface area contributed by atoms with Crippen molar-refractivity contribution < 1.29 is 8.42 Å². The van der Waals surface area contributed by atoms with E-state index in [4.69, 9.17) is 0 Å². The Morgan fingerprint density at radius 2 is 1.63 bits per heavy atom. The second-order valence-corrected chi connectivity index (χ2v) is 8.88. The zero-order valence-corrected chi connectivity index (χ0v) is 17.6.